The van der Waals surface area contributed by atoms with E-state index in [0.717, 1.165) is 5.75 Å². The van der Waals surface area contributed by atoms with Gasteiger partial charge in [-0.2, -0.15) is 0 Å². The molecule has 0 unspecified atom stereocenters. The van der Waals surface area contributed by atoms with Crippen molar-refractivity contribution in [3.05, 3.63) is 29.5 Å². The first-order valence-corrected chi connectivity index (χ1v) is 5.01. The first-order chi connectivity index (χ1) is 7.19. The minimum atomic E-state index is 0.566. The predicted molar refractivity (Wildman–Crippen MR) is 62.1 cm³/mol. The van der Waals surface area contributed by atoms with Gasteiger partial charge in [-0.05, 0) is 30.7 Å². The number of hydrogen-bond acceptors (Lipinski definition) is 2. The van der Waals surface area contributed by atoms with Crippen molar-refractivity contribution in [1.29, 1.82) is 0 Å². The lowest BCUT2D eigenvalue weighted by Gasteiger charge is -2.01. The Kier molecular flexibility index (Phi) is 2.40. The van der Waals surface area contributed by atoms with Crippen molar-refractivity contribution >= 4 is 10.9 Å². The van der Waals surface area contributed by atoms with Gasteiger partial charge in [0.1, 0.15) is 5.75 Å². The molecule has 0 bridgehead atoms. The summed E-state index contributed by atoms with van der Waals surface area (Å²) in [5.41, 5.74) is 9.39. The number of methoxy groups -OCH3 is 1. The molecule has 0 saturated carbocycles. The van der Waals surface area contributed by atoms with Crippen LogP contribution in [0.4, 0.5) is 0 Å². The number of aromatic nitrogens is 1. The zero-order chi connectivity index (χ0) is 11.0. The van der Waals surface area contributed by atoms with Crippen LogP contribution in [0.1, 0.15) is 11.3 Å². The predicted octanol–water partition coefficient (Wildman–Crippen LogP) is 1.95. The third kappa shape index (κ3) is 1.39. The standard InChI is InChI=1S/C12H16N2O/c1-8-11(7-13)10-6-9(15-3)4-5-12(10)14(8)2/h4-6H,7,13H2,1-3H3. The van der Waals surface area contributed by atoms with Crippen LogP contribution in [0.2, 0.25) is 0 Å². The summed E-state index contributed by atoms with van der Waals surface area (Å²) in [6, 6.07) is 6.09. The van der Waals surface area contributed by atoms with Gasteiger partial charge in [-0.15, -0.1) is 0 Å². The highest BCUT2D eigenvalue weighted by atomic mass is 16.5. The van der Waals surface area contributed by atoms with E-state index in [2.05, 4.69) is 24.6 Å². The van der Waals surface area contributed by atoms with E-state index in [0.29, 0.717) is 6.54 Å². The first-order valence-electron chi connectivity index (χ1n) is 5.01. The second-order valence-electron chi connectivity index (χ2n) is 3.71. The van der Waals surface area contributed by atoms with Crippen LogP contribution in [-0.4, -0.2) is 11.7 Å². The molecule has 0 atom stereocenters. The highest BCUT2D eigenvalue weighted by Gasteiger charge is 2.10. The SMILES string of the molecule is COc1ccc2c(c1)c(CN)c(C)n2C. The largest absolute Gasteiger partial charge is 0.497 e. The molecule has 3 nitrogen and oxygen atoms in total. The fourth-order valence-corrected chi connectivity index (χ4v) is 2.01. The number of fused-ring (bicyclic) bond motifs is 1. The van der Waals surface area contributed by atoms with E-state index in [-0.39, 0.29) is 0 Å². The molecular weight excluding hydrogens is 188 g/mol. The van der Waals surface area contributed by atoms with E-state index in [1.54, 1.807) is 7.11 Å². The molecule has 0 aliphatic heterocycles. The van der Waals surface area contributed by atoms with E-state index in [1.807, 2.05) is 12.1 Å². The Bertz CT molecular complexity index is 500. The number of rotatable bonds is 2. The monoisotopic (exact) mass is 204 g/mol. The van der Waals surface area contributed by atoms with Crippen molar-refractivity contribution in [3.63, 3.8) is 0 Å². The van der Waals surface area contributed by atoms with Crippen molar-refractivity contribution in [3.8, 4) is 5.75 Å². The molecule has 1 heterocycles. The lowest BCUT2D eigenvalue weighted by Crippen LogP contribution is -1.98. The Labute approximate surface area is 89.4 Å². The van der Waals surface area contributed by atoms with Crippen LogP contribution in [-0.2, 0) is 13.6 Å². The van der Waals surface area contributed by atoms with E-state index < -0.39 is 0 Å². The number of ether oxygens (including phenoxy) is 1. The quantitative estimate of drug-likeness (QED) is 0.812. The number of nitrogens with zero attached hydrogens (tertiary/aromatic N) is 1. The lowest BCUT2D eigenvalue weighted by atomic mass is 10.1. The number of aryl methyl sites for hydroxylation is 1. The Morgan fingerprint density at radius 3 is 2.73 bits per heavy atom. The van der Waals surface area contributed by atoms with E-state index >= 15 is 0 Å². The van der Waals surface area contributed by atoms with Gasteiger partial charge in [-0.25, -0.2) is 0 Å². The number of hydrogen-bond donors (Lipinski definition) is 1. The Hall–Kier alpha value is -1.48. The zero-order valence-electron chi connectivity index (χ0n) is 9.37. The molecule has 0 amide bonds. The van der Waals surface area contributed by atoms with Crippen LogP contribution < -0.4 is 10.5 Å². The topological polar surface area (TPSA) is 40.2 Å². The molecule has 0 aliphatic rings. The zero-order valence-corrected chi connectivity index (χ0v) is 9.37. The van der Waals surface area contributed by atoms with Gasteiger partial charge in [0, 0.05) is 30.2 Å². The van der Waals surface area contributed by atoms with Gasteiger partial charge in [-0.1, -0.05) is 0 Å². The van der Waals surface area contributed by atoms with E-state index in [4.69, 9.17) is 10.5 Å². The molecule has 1 aromatic carbocycles. The smallest absolute Gasteiger partial charge is 0.119 e. The van der Waals surface area contributed by atoms with Crippen molar-refractivity contribution in [2.24, 2.45) is 12.8 Å². The van der Waals surface area contributed by atoms with Crippen LogP contribution in [0.25, 0.3) is 10.9 Å². The summed E-state index contributed by atoms with van der Waals surface area (Å²) < 4.78 is 7.38. The van der Waals surface area contributed by atoms with Crippen LogP contribution in [0.3, 0.4) is 0 Å². The lowest BCUT2D eigenvalue weighted by molar-refractivity contribution is 0.415. The first kappa shape index (κ1) is 10.1. The Morgan fingerprint density at radius 1 is 1.40 bits per heavy atom. The highest BCUT2D eigenvalue weighted by molar-refractivity contribution is 5.86. The van der Waals surface area contributed by atoms with Gasteiger partial charge in [-0.3, -0.25) is 0 Å². The molecule has 2 aromatic rings. The summed E-state index contributed by atoms with van der Waals surface area (Å²) in [5, 5.41) is 1.19. The summed E-state index contributed by atoms with van der Waals surface area (Å²) in [5.74, 6) is 0.878. The van der Waals surface area contributed by atoms with Gasteiger partial charge in [0.05, 0.1) is 7.11 Å². The summed E-state index contributed by atoms with van der Waals surface area (Å²) >= 11 is 0. The molecule has 2 rings (SSSR count). The molecule has 3 heteroatoms. The highest BCUT2D eigenvalue weighted by Crippen LogP contribution is 2.27. The number of benzene rings is 1. The summed E-state index contributed by atoms with van der Waals surface area (Å²) in [4.78, 5) is 0. The van der Waals surface area contributed by atoms with Crippen LogP contribution in [0, 0.1) is 6.92 Å². The van der Waals surface area contributed by atoms with Gasteiger partial charge >= 0.3 is 0 Å². The molecule has 0 spiro atoms. The molecule has 80 valence electrons. The minimum Gasteiger partial charge on any atom is -0.497 e. The van der Waals surface area contributed by atoms with Crippen molar-refractivity contribution < 1.29 is 4.74 Å². The van der Waals surface area contributed by atoms with Gasteiger partial charge in [0.25, 0.3) is 0 Å². The van der Waals surface area contributed by atoms with Gasteiger partial charge in [0.2, 0.25) is 0 Å². The summed E-state index contributed by atoms with van der Waals surface area (Å²) in [7, 11) is 3.74. The normalized spacial score (nSPS) is 10.9. The van der Waals surface area contributed by atoms with Crippen LogP contribution in [0.15, 0.2) is 18.2 Å². The van der Waals surface area contributed by atoms with Gasteiger partial charge < -0.3 is 15.0 Å². The Balaban J connectivity index is 2.80. The van der Waals surface area contributed by atoms with Crippen molar-refractivity contribution in [1.82, 2.24) is 4.57 Å². The third-order valence-electron chi connectivity index (χ3n) is 3.03. The van der Waals surface area contributed by atoms with Gasteiger partial charge in [0.15, 0.2) is 0 Å². The summed E-state index contributed by atoms with van der Waals surface area (Å²) in [6.07, 6.45) is 0. The molecular formula is C12H16N2O. The third-order valence-corrected chi connectivity index (χ3v) is 3.03. The molecule has 15 heavy (non-hydrogen) atoms. The molecule has 0 saturated heterocycles. The van der Waals surface area contributed by atoms with Crippen molar-refractivity contribution in [2.75, 3.05) is 7.11 Å². The second kappa shape index (κ2) is 3.59. The van der Waals surface area contributed by atoms with Crippen molar-refractivity contribution in [2.45, 2.75) is 13.5 Å². The minimum absolute atomic E-state index is 0.566. The fraction of sp³-hybridized carbons (Fsp3) is 0.333. The van der Waals surface area contributed by atoms with E-state index in [1.165, 1.54) is 22.2 Å². The summed E-state index contributed by atoms with van der Waals surface area (Å²) in [6.45, 7) is 2.66. The maximum atomic E-state index is 5.77. The molecule has 0 radical (unpaired) electrons. The fourth-order valence-electron chi connectivity index (χ4n) is 2.01. The molecule has 1 aromatic heterocycles. The molecule has 2 N–H and O–H groups in total. The Morgan fingerprint density at radius 2 is 2.13 bits per heavy atom. The van der Waals surface area contributed by atoms with Crippen LogP contribution >= 0.6 is 0 Å². The average molecular weight is 204 g/mol. The molecule has 0 aliphatic carbocycles. The maximum absolute atomic E-state index is 5.77. The maximum Gasteiger partial charge on any atom is 0.119 e. The molecule has 0 fully saturated rings. The van der Waals surface area contributed by atoms with E-state index in [9.17, 15) is 0 Å². The van der Waals surface area contributed by atoms with Crippen LogP contribution in [0.5, 0.6) is 5.75 Å². The second-order valence-corrected chi connectivity index (χ2v) is 3.71. The number of nitrogens with two attached hydrogens (primary N) is 1. The average Bonchev–Trinajstić information content (AvgIpc) is 2.51.